The Morgan fingerprint density at radius 1 is 1.42 bits per heavy atom. The van der Waals surface area contributed by atoms with Crippen molar-refractivity contribution < 1.29 is 14.3 Å². The highest BCUT2D eigenvalue weighted by Gasteiger charge is 2.38. The van der Waals surface area contributed by atoms with Gasteiger partial charge in [-0.05, 0) is 45.3 Å². The standard InChI is InChI=1S/C19H28N2O3/c1-8-15(9-2)19(12-13(3)4,21-18(22)24-7)16-10-11-17(23-6)20-14(16)5/h8,10-11H,3,9,12H2,1-2,4-7H3,(H,21,22)/b15-8+/t19-/m1/s1. The normalized spacial score (nSPS) is 13.8. The number of alkyl carbamates (subject to hydrolysis) is 1. The van der Waals surface area contributed by atoms with E-state index in [2.05, 4.69) is 23.8 Å². The van der Waals surface area contributed by atoms with E-state index in [9.17, 15) is 4.79 Å². The number of nitrogens with one attached hydrogen (secondary N) is 1. The van der Waals surface area contributed by atoms with Crippen LogP contribution in [0.2, 0.25) is 0 Å². The molecule has 0 radical (unpaired) electrons. The van der Waals surface area contributed by atoms with Crippen molar-refractivity contribution in [3.05, 3.63) is 47.2 Å². The zero-order valence-corrected chi connectivity index (χ0v) is 15.5. The van der Waals surface area contributed by atoms with E-state index in [-0.39, 0.29) is 0 Å². The Hall–Kier alpha value is -2.30. The number of hydrogen-bond acceptors (Lipinski definition) is 4. The Bertz CT molecular complexity index is 637. The van der Waals surface area contributed by atoms with Crippen molar-refractivity contribution in [2.75, 3.05) is 14.2 Å². The minimum Gasteiger partial charge on any atom is -0.481 e. The van der Waals surface area contributed by atoms with Gasteiger partial charge in [0.05, 0.1) is 19.8 Å². The number of amides is 1. The Kier molecular flexibility index (Phi) is 7.01. The monoisotopic (exact) mass is 332 g/mol. The molecule has 5 nitrogen and oxygen atoms in total. The first-order chi connectivity index (χ1) is 11.3. The molecule has 0 saturated carbocycles. The summed E-state index contributed by atoms with van der Waals surface area (Å²) in [4.78, 5) is 16.6. The Balaban J connectivity index is 3.65. The van der Waals surface area contributed by atoms with Gasteiger partial charge in [0, 0.05) is 17.3 Å². The predicted octanol–water partition coefficient (Wildman–Crippen LogP) is 4.27. The molecule has 5 heteroatoms. The fourth-order valence-corrected chi connectivity index (χ4v) is 3.11. The molecule has 0 fully saturated rings. The molecule has 1 atom stereocenters. The van der Waals surface area contributed by atoms with Crippen molar-refractivity contribution in [3.63, 3.8) is 0 Å². The lowest BCUT2D eigenvalue weighted by Crippen LogP contribution is -2.48. The van der Waals surface area contributed by atoms with E-state index < -0.39 is 11.6 Å². The molecule has 0 aliphatic carbocycles. The van der Waals surface area contributed by atoms with Crippen LogP contribution in [0.15, 0.2) is 35.9 Å². The van der Waals surface area contributed by atoms with E-state index in [1.165, 1.54) is 7.11 Å². The fraction of sp³-hybridized carbons (Fsp3) is 0.474. The van der Waals surface area contributed by atoms with Crippen LogP contribution in [0.3, 0.4) is 0 Å². The largest absolute Gasteiger partial charge is 0.481 e. The van der Waals surface area contributed by atoms with Crippen LogP contribution in [-0.2, 0) is 10.3 Å². The maximum Gasteiger partial charge on any atom is 0.407 e. The number of carbonyl (C=O) groups is 1. The van der Waals surface area contributed by atoms with Crippen LogP contribution in [0.5, 0.6) is 5.88 Å². The van der Waals surface area contributed by atoms with E-state index in [0.717, 1.165) is 28.8 Å². The van der Waals surface area contributed by atoms with Crippen LogP contribution in [0.4, 0.5) is 4.79 Å². The van der Waals surface area contributed by atoms with Gasteiger partial charge in [-0.2, -0.15) is 0 Å². The third-order valence-electron chi connectivity index (χ3n) is 4.07. The molecule has 1 aromatic heterocycles. The molecule has 0 aromatic carbocycles. The number of pyridine rings is 1. The van der Waals surface area contributed by atoms with Crippen molar-refractivity contribution in [2.45, 2.75) is 46.1 Å². The molecule has 1 amide bonds. The Morgan fingerprint density at radius 2 is 2.08 bits per heavy atom. The average molecular weight is 332 g/mol. The smallest absolute Gasteiger partial charge is 0.407 e. The number of hydrogen-bond donors (Lipinski definition) is 1. The molecule has 24 heavy (non-hydrogen) atoms. The number of aromatic nitrogens is 1. The Labute approximate surface area is 144 Å². The van der Waals surface area contributed by atoms with Gasteiger partial charge >= 0.3 is 6.09 Å². The van der Waals surface area contributed by atoms with Crippen LogP contribution in [0, 0.1) is 6.92 Å². The predicted molar refractivity (Wildman–Crippen MR) is 96.2 cm³/mol. The molecule has 0 spiro atoms. The Morgan fingerprint density at radius 3 is 2.50 bits per heavy atom. The molecule has 1 heterocycles. The van der Waals surface area contributed by atoms with Gasteiger partial charge in [-0.3, -0.25) is 0 Å². The van der Waals surface area contributed by atoms with Gasteiger partial charge in [-0.15, -0.1) is 6.58 Å². The highest BCUT2D eigenvalue weighted by atomic mass is 16.5. The molecule has 1 rings (SSSR count). The third-order valence-corrected chi connectivity index (χ3v) is 4.07. The van der Waals surface area contributed by atoms with Crippen molar-refractivity contribution >= 4 is 6.09 Å². The van der Waals surface area contributed by atoms with Crippen molar-refractivity contribution in [1.29, 1.82) is 0 Å². The van der Waals surface area contributed by atoms with Crippen molar-refractivity contribution in [2.24, 2.45) is 0 Å². The molecule has 0 aliphatic rings. The minimum absolute atomic E-state index is 0.487. The number of methoxy groups -OCH3 is 2. The van der Waals surface area contributed by atoms with E-state index in [0.29, 0.717) is 12.3 Å². The van der Waals surface area contributed by atoms with Gasteiger partial charge in [0.1, 0.15) is 0 Å². The van der Waals surface area contributed by atoms with Crippen molar-refractivity contribution in [1.82, 2.24) is 10.3 Å². The number of nitrogens with zero attached hydrogens (tertiary/aromatic N) is 1. The first-order valence-corrected chi connectivity index (χ1v) is 8.02. The fourth-order valence-electron chi connectivity index (χ4n) is 3.11. The van der Waals surface area contributed by atoms with Gasteiger partial charge in [0.25, 0.3) is 0 Å². The summed E-state index contributed by atoms with van der Waals surface area (Å²) in [5.74, 6) is 0.539. The molecule has 1 N–H and O–H groups in total. The first kappa shape index (κ1) is 19.7. The first-order valence-electron chi connectivity index (χ1n) is 8.02. The van der Waals surface area contributed by atoms with Crippen LogP contribution in [-0.4, -0.2) is 25.3 Å². The van der Waals surface area contributed by atoms with Gasteiger partial charge < -0.3 is 14.8 Å². The van der Waals surface area contributed by atoms with Gasteiger partial charge in [0.15, 0.2) is 0 Å². The lowest BCUT2D eigenvalue weighted by atomic mass is 9.76. The number of carbonyl (C=O) groups excluding carboxylic acids is 1. The van der Waals surface area contributed by atoms with Gasteiger partial charge in [0.2, 0.25) is 5.88 Å². The zero-order valence-electron chi connectivity index (χ0n) is 15.5. The molecule has 0 unspecified atom stereocenters. The van der Waals surface area contributed by atoms with Gasteiger partial charge in [-0.1, -0.05) is 18.6 Å². The summed E-state index contributed by atoms with van der Waals surface area (Å²) >= 11 is 0. The summed E-state index contributed by atoms with van der Waals surface area (Å²) in [5.41, 5.74) is 2.98. The van der Waals surface area contributed by atoms with Crippen LogP contribution < -0.4 is 10.1 Å². The second-order valence-corrected chi connectivity index (χ2v) is 5.81. The zero-order chi connectivity index (χ0) is 18.3. The summed E-state index contributed by atoms with van der Waals surface area (Å²) in [6, 6.07) is 3.75. The van der Waals surface area contributed by atoms with Gasteiger partial charge in [-0.25, -0.2) is 9.78 Å². The number of rotatable bonds is 7. The minimum atomic E-state index is -0.744. The molecule has 0 aliphatic heterocycles. The second kappa shape index (κ2) is 8.52. The SMILES string of the molecule is C=C(C)C[C@@](NC(=O)OC)(/C(=C/C)CC)c1ccc(OC)nc1C. The third kappa shape index (κ3) is 4.16. The quantitative estimate of drug-likeness (QED) is 0.757. The maximum absolute atomic E-state index is 12.1. The summed E-state index contributed by atoms with van der Waals surface area (Å²) < 4.78 is 10.1. The second-order valence-electron chi connectivity index (χ2n) is 5.81. The summed E-state index contributed by atoms with van der Waals surface area (Å²) in [5, 5.41) is 3.04. The molecule has 1 aromatic rings. The van der Waals surface area contributed by atoms with Crippen molar-refractivity contribution in [3.8, 4) is 5.88 Å². The summed E-state index contributed by atoms with van der Waals surface area (Å²) in [7, 11) is 2.94. The molecular formula is C19H28N2O3. The number of ether oxygens (including phenoxy) is 2. The van der Waals surface area contributed by atoms with E-state index in [1.54, 1.807) is 13.2 Å². The topological polar surface area (TPSA) is 60.5 Å². The number of aryl methyl sites for hydroxylation is 1. The lowest BCUT2D eigenvalue weighted by molar-refractivity contribution is 0.158. The highest BCUT2D eigenvalue weighted by molar-refractivity contribution is 5.70. The average Bonchev–Trinajstić information content (AvgIpc) is 2.54. The number of allylic oxidation sites excluding steroid dienone is 1. The summed E-state index contributed by atoms with van der Waals surface area (Å²) in [6.07, 6.45) is 2.88. The van der Waals surface area contributed by atoms with E-state index in [1.807, 2.05) is 32.9 Å². The van der Waals surface area contributed by atoms with E-state index in [4.69, 9.17) is 9.47 Å². The maximum atomic E-state index is 12.1. The highest BCUT2D eigenvalue weighted by Crippen LogP contribution is 2.39. The molecule has 0 saturated heterocycles. The van der Waals surface area contributed by atoms with Crippen LogP contribution in [0.1, 0.15) is 44.9 Å². The molecular weight excluding hydrogens is 304 g/mol. The lowest BCUT2D eigenvalue weighted by Gasteiger charge is -2.38. The molecule has 0 bridgehead atoms. The van der Waals surface area contributed by atoms with Crippen LogP contribution in [0.25, 0.3) is 0 Å². The summed E-state index contributed by atoms with van der Waals surface area (Å²) in [6.45, 7) is 11.9. The van der Waals surface area contributed by atoms with Crippen LogP contribution >= 0.6 is 0 Å². The molecule has 132 valence electrons. The van der Waals surface area contributed by atoms with E-state index >= 15 is 0 Å².